The summed E-state index contributed by atoms with van der Waals surface area (Å²) in [6.45, 7) is 3.54. The van der Waals surface area contributed by atoms with Gasteiger partial charge in [0, 0.05) is 25.3 Å². The van der Waals surface area contributed by atoms with E-state index in [1.165, 1.54) is 7.11 Å². The van der Waals surface area contributed by atoms with Gasteiger partial charge in [-0.15, -0.1) is 0 Å². The predicted molar refractivity (Wildman–Crippen MR) is 80.3 cm³/mol. The number of halogens is 2. The van der Waals surface area contributed by atoms with Gasteiger partial charge in [-0.05, 0) is 56.3 Å². The second kappa shape index (κ2) is 6.92. The van der Waals surface area contributed by atoms with Crippen molar-refractivity contribution in [2.24, 2.45) is 0 Å². The van der Waals surface area contributed by atoms with E-state index in [1.54, 1.807) is 6.07 Å². The first-order chi connectivity index (χ1) is 10.7. The van der Waals surface area contributed by atoms with Crippen LogP contribution in [0.4, 0.5) is 8.78 Å². The molecule has 0 spiro atoms. The van der Waals surface area contributed by atoms with Gasteiger partial charge in [0.15, 0.2) is 11.6 Å². The van der Waals surface area contributed by atoms with Crippen LogP contribution in [0.15, 0.2) is 12.1 Å². The van der Waals surface area contributed by atoms with Crippen molar-refractivity contribution in [1.29, 1.82) is 0 Å². The van der Waals surface area contributed by atoms with Gasteiger partial charge in [-0.2, -0.15) is 0 Å². The zero-order valence-electron chi connectivity index (χ0n) is 13.0. The average molecular weight is 311 g/mol. The highest BCUT2D eigenvalue weighted by Gasteiger charge is 2.29. The van der Waals surface area contributed by atoms with Crippen molar-refractivity contribution in [3.63, 3.8) is 0 Å². The molecule has 3 nitrogen and oxygen atoms in total. The zero-order valence-corrected chi connectivity index (χ0v) is 13.0. The van der Waals surface area contributed by atoms with Crippen LogP contribution in [0.2, 0.25) is 0 Å². The van der Waals surface area contributed by atoms with E-state index in [0.29, 0.717) is 17.4 Å². The van der Waals surface area contributed by atoms with E-state index in [9.17, 15) is 8.78 Å². The van der Waals surface area contributed by atoms with Crippen LogP contribution >= 0.6 is 0 Å². The summed E-state index contributed by atoms with van der Waals surface area (Å²) in [5.41, 5.74) is 0.462. The number of likely N-dealkylation sites (tertiary alicyclic amines) is 1. The number of ether oxygens (including phenoxy) is 2. The van der Waals surface area contributed by atoms with E-state index in [1.807, 2.05) is 0 Å². The Morgan fingerprint density at radius 3 is 2.41 bits per heavy atom. The first-order valence-corrected chi connectivity index (χ1v) is 8.03. The molecule has 1 aromatic carbocycles. The van der Waals surface area contributed by atoms with E-state index < -0.39 is 11.6 Å². The third-order valence-corrected chi connectivity index (χ3v) is 4.94. The van der Waals surface area contributed by atoms with Crippen molar-refractivity contribution in [1.82, 2.24) is 4.90 Å². The average Bonchev–Trinajstić information content (AvgIpc) is 2.58. The molecular weight excluding hydrogens is 288 g/mol. The molecule has 2 saturated heterocycles. The van der Waals surface area contributed by atoms with Crippen molar-refractivity contribution in [3.8, 4) is 5.75 Å². The highest BCUT2D eigenvalue weighted by Crippen LogP contribution is 2.34. The Hall–Kier alpha value is -1.20. The van der Waals surface area contributed by atoms with E-state index in [2.05, 4.69) is 4.90 Å². The zero-order chi connectivity index (χ0) is 15.5. The fourth-order valence-electron chi connectivity index (χ4n) is 3.63. The molecule has 0 bridgehead atoms. The minimum atomic E-state index is -0.818. The summed E-state index contributed by atoms with van der Waals surface area (Å²) in [6, 6.07) is 3.34. The molecule has 0 radical (unpaired) electrons. The summed E-state index contributed by atoms with van der Waals surface area (Å²) in [5.74, 6) is -1.08. The maximum atomic E-state index is 14.1. The van der Waals surface area contributed by atoms with Crippen molar-refractivity contribution < 1.29 is 18.3 Å². The highest BCUT2D eigenvalue weighted by molar-refractivity contribution is 5.33. The Balaban J connectivity index is 1.67. The van der Waals surface area contributed by atoms with Gasteiger partial charge in [-0.3, -0.25) is 0 Å². The third kappa shape index (κ3) is 3.25. The number of hydrogen-bond acceptors (Lipinski definition) is 3. The van der Waals surface area contributed by atoms with Gasteiger partial charge in [0.25, 0.3) is 0 Å². The number of rotatable bonds is 3. The summed E-state index contributed by atoms with van der Waals surface area (Å²) in [7, 11) is 1.48. The van der Waals surface area contributed by atoms with Crippen LogP contribution < -0.4 is 4.74 Å². The van der Waals surface area contributed by atoms with E-state index in [4.69, 9.17) is 9.47 Å². The molecule has 0 unspecified atom stereocenters. The molecule has 22 heavy (non-hydrogen) atoms. The molecule has 0 amide bonds. The number of hydrogen-bond donors (Lipinski definition) is 0. The number of methoxy groups -OCH3 is 1. The van der Waals surface area contributed by atoms with Crippen molar-refractivity contribution in [2.75, 3.05) is 33.4 Å². The Labute approximate surface area is 130 Å². The third-order valence-electron chi connectivity index (χ3n) is 4.94. The van der Waals surface area contributed by atoms with Crippen molar-refractivity contribution in [2.45, 2.75) is 37.6 Å². The lowest BCUT2D eigenvalue weighted by Crippen LogP contribution is -2.43. The van der Waals surface area contributed by atoms with Gasteiger partial charge in [-0.1, -0.05) is 0 Å². The van der Waals surface area contributed by atoms with Crippen LogP contribution in [-0.2, 0) is 4.74 Å². The highest BCUT2D eigenvalue weighted by atomic mass is 19.2. The summed E-state index contributed by atoms with van der Waals surface area (Å²) >= 11 is 0. The first-order valence-electron chi connectivity index (χ1n) is 8.03. The van der Waals surface area contributed by atoms with Crippen LogP contribution in [0, 0.1) is 11.6 Å². The molecular formula is C17H23F2NO2. The van der Waals surface area contributed by atoms with Gasteiger partial charge in [0.2, 0.25) is 0 Å². The van der Waals surface area contributed by atoms with Gasteiger partial charge in [0.1, 0.15) is 5.75 Å². The van der Waals surface area contributed by atoms with E-state index in [0.717, 1.165) is 58.1 Å². The Bertz CT molecular complexity index is 510. The molecule has 122 valence electrons. The van der Waals surface area contributed by atoms with Crippen LogP contribution in [0.5, 0.6) is 5.75 Å². The first kappa shape index (κ1) is 15.7. The maximum Gasteiger partial charge on any atom is 0.162 e. The molecule has 3 rings (SSSR count). The second-order valence-corrected chi connectivity index (χ2v) is 6.17. The normalized spacial score (nSPS) is 22.0. The minimum absolute atomic E-state index is 0.0701. The molecule has 2 heterocycles. The van der Waals surface area contributed by atoms with Gasteiger partial charge in [-0.25, -0.2) is 8.78 Å². The molecule has 2 aliphatic heterocycles. The molecule has 0 atom stereocenters. The Morgan fingerprint density at radius 1 is 1.09 bits per heavy atom. The standard InChI is InChI=1S/C17H23F2NO2/c1-21-14-10-15(17(19)16(18)11-14)12-2-6-20(7-3-12)13-4-8-22-9-5-13/h10-13H,2-9H2,1H3. The SMILES string of the molecule is COc1cc(F)c(F)c(C2CCN(C3CCOCC3)CC2)c1. The molecule has 0 aliphatic carbocycles. The molecule has 0 saturated carbocycles. The second-order valence-electron chi connectivity index (χ2n) is 6.17. The summed E-state index contributed by atoms with van der Waals surface area (Å²) in [5, 5.41) is 0. The smallest absolute Gasteiger partial charge is 0.162 e. The van der Waals surface area contributed by atoms with Crippen LogP contribution in [-0.4, -0.2) is 44.4 Å². The fraction of sp³-hybridized carbons (Fsp3) is 0.647. The lowest BCUT2D eigenvalue weighted by molar-refractivity contribution is 0.0250. The molecule has 2 aliphatic rings. The quantitative estimate of drug-likeness (QED) is 0.854. The van der Waals surface area contributed by atoms with Gasteiger partial charge < -0.3 is 14.4 Å². The Morgan fingerprint density at radius 2 is 1.77 bits per heavy atom. The molecule has 2 fully saturated rings. The molecule has 5 heteroatoms. The van der Waals surface area contributed by atoms with Crippen LogP contribution in [0.1, 0.15) is 37.2 Å². The minimum Gasteiger partial charge on any atom is -0.497 e. The number of benzene rings is 1. The molecule has 0 aromatic heterocycles. The van der Waals surface area contributed by atoms with E-state index in [-0.39, 0.29) is 5.92 Å². The molecule has 1 aromatic rings. The molecule has 0 N–H and O–H groups in total. The number of piperidine rings is 1. The lowest BCUT2D eigenvalue weighted by Gasteiger charge is -2.39. The predicted octanol–water partition coefficient (Wildman–Crippen LogP) is 3.33. The summed E-state index contributed by atoms with van der Waals surface area (Å²) in [6.07, 6.45) is 3.88. The monoisotopic (exact) mass is 311 g/mol. The van der Waals surface area contributed by atoms with Gasteiger partial charge >= 0.3 is 0 Å². The number of nitrogens with zero attached hydrogens (tertiary/aromatic N) is 1. The topological polar surface area (TPSA) is 21.7 Å². The fourth-order valence-corrected chi connectivity index (χ4v) is 3.63. The summed E-state index contributed by atoms with van der Waals surface area (Å²) in [4.78, 5) is 2.48. The van der Waals surface area contributed by atoms with Crippen LogP contribution in [0.25, 0.3) is 0 Å². The van der Waals surface area contributed by atoms with Crippen molar-refractivity contribution in [3.05, 3.63) is 29.3 Å². The Kier molecular flexibility index (Phi) is 4.93. The van der Waals surface area contributed by atoms with Crippen LogP contribution in [0.3, 0.4) is 0 Å². The lowest BCUT2D eigenvalue weighted by atomic mass is 9.87. The maximum absolute atomic E-state index is 14.1. The van der Waals surface area contributed by atoms with Crippen molar-refractivity contribution >= 4 is 0 Å². The largest absolute Gasteiger partial charge is 0.497 e. The van der Waals surface area contributed by atoms with E-state index >= 15 is 0 Å². The van der Waals surface area contributed by atoms with Gasteiger partial charge in [0.05, 0.1) is 7.11 Å². The summed E-state index contributed by atoms with van der Waals surface area (Å²) < 4.78 is 38.2.